The molecule has 6 heteroatoms. The Hall–Kier alpha value is -2.37. The van der Waals surface area contributed by atoms with Crippen LogP contribution in [0, 0.1) is 0 Å². The number of aromatic nitrogens is 4. The Morgan fingerprint density at radius 2 is 2.06 bits per heavy atom. The highest BCUT2D eigenvalue weighted by Gasteiger charge is 1.95. The lowest BCUT2D eigenvalue weighted by molar-refractivity contribution is -0.116. The first kappa shape index (κ1) is 10.2. The van der Waals surface area contributed by atoms with Crippen LogP contribution in [-0.2, 0) is 4.79 Å². The number of nitrogens with zero attached hydrogens (tertiary/aromatic N) is 5. The molecule has 0 spiro atoms. The van der Waals surface area contributed by atoms with E-state index in [-0.39, 0.29) is 5.91 Å². The molecule has 2 heterocycles. The molecule has 0 aromatic carbocycles. The fourth-order valence-corrected chi connectivity index (χ4v) is 1.12. The highest BCUT2D eigenvalue weighted by molar-refractivity contribution is 5.73. The van der Waals surface area contributed by atoms with Gasteiger partial charge in [-0.25, -0.2) is 15.0 Å². The quantitative estimate of drug-likeness (QED) is 0.676. The highest BCUT2D eigenvalue weighted by Crippen LogP contribution is 1.94. The van der Waals surface area contributed by atoms with Crippen LogP contribution < -0.4 is 5.49 Å². The predicted molar refractivity (Wildman–Crippen MR) is 55.4 cm³/mol. The van der Waals surface area contributed by atoms with Crippen molar-refractivity contribution in [1.29, 1.82) is 0 Å². The third kappa shape index (κ3) is 2.35. The van der Waals surface area contributed by atoms with Crippen LogP contribution in [0.4, 0.5) is 0 Å². The van der Waals surface area contributed by atoms with Crippen molar-refractivity contribution in [1.82, 2.24) is 19.5 Å². The van der Waals surface area contributed by atoms with Gasteiger partial charge in [-0.15, -0.1) is 0 Å². The summed E-state index contributed by atoms with van der Waals surface area (Å²) < 4.78 is 1.64. The maximum Gasteiger partial charge on any atom is 0.244 e. The molecule has 2 rings (SSSR count). The molecule has 16 heavy (non-hydrogen) atoms. The Morgan fingerprint density at radius 1 is 1.31 bits per heavy atom. The molecule has 0 aliphatic carbocycles. The van der Waals surface area contributed by atoms with E-state index in [9.17, 15) is 4.79 Å². The third-order valence-electron chi connectivity index (χ3n) is 1.75. The fourth-order valence-electron chi connectivity index (χ4n) is 1.12. The summed E-state index contributed by atoms with van der Waals surface area (Å²) in [7, 11) is 0. The standard InChI is InChI=1S/C10H9N5O/c1-8(16)14-9-3-6-15(7-13-9)10-11-4-2-5-12-10/h2-7H,1H3. The van der Waals surface area contributed by atoms with E-state index in [4.69, 9.17) is 0 Å². The number of amides is 1. The van der Waals surface area contributed by atoms with Gasteiger partial charge in [-0.3, -0.25) is 9.36 Å². The second kappa shape index (κ2) is 4.43. The molecule has 0 N–H and O–H groups in total. The van der Waals surface area contributed by atoms with E-state index >= 15 is 0 Å². The fraction of sp³-hybridized carbons (Fsp3) is 0.100. The van der Waals surface area contributed by atoms with Crippen molar-refractivity contribution in [3.05, 3.63) is 42.5 Å². The van der Waals surface area contributed by atoms with Crippen LogP contribution >= 0.6 is 0 Å². The van der Waals surface area contributed by atoms with E-state index in [2.05, 4.69) is 19.9 Å². The van der Waals surface area contributed by atoms with Crippen LogP contribution in [0.3, 0.4) is 0 Å². The van der Waals surface area contributed by atoms with Gasteiger partial charge in [0.1, 0.15) is 6.33 Å². The zero-order chi connectivity index (χ0) is 11.4. The molecule has 1 amide bonds. The first-order chi connectivity index (χ1) is 7.75. The Labute approximate surface area is 91.4 Å². The first-order valence-corrected chi connectivity index (χ1v) is 4.63. The minimum Gasteiger partial charge on any atom is -0.276 e. The van der Waals surface area contributed by atoms with Crippen molar-refractivity contribution in [2.45, 2.75) is 6.92 Å². The summed E-state index contributed by atoms with van der Waals surface area (Å²) in [5.41, 5.74) is 0.375. The van der Waals surface area contributed by atoms with Crippen LogP contribution in [0.5, 0.6) is 0 Å². The number of hydrogen-bond donors (Lipinski definition) is 0. The summed E-state index contributed by atoms with van der Waals surface area (Å²) in [6.07, 6.45) is 6.49. The van der Waals surface area contributed by atoms with Gasteiger partial charge in [0, 0.05) is 25.5 Å². The number of carbonyl (C=O) groups is 1. The largest absolute Gasteiger partial charge is 0.276 e. The van der Waals surface area contributed by atoms with Crippen LogP contribution in [0.1, 0.15) is 6.92 Å². The van der Waals surface area contributed by atoms with Gasteiger partial charge in [0.05, 0.1) is 0 Å². The molecule has 0 bridgehead atoms. The molecule has 0 aliphatic rings. The van der Waals surface area contributed by atoms with Crippen molar-refractivity contribution < 1.29 is 4.79 Å². The Bertz CT molecular complexity index is 540. The van der Waals surface area contributed by atoms with Crippen LogP contribution in [0.2, 0.25) is 0 Å². The van der Waals surface area contributed by atoms with E-state index in [1.165, 1.54) is 13.3 Å². The second-order valence-corrected chi connectivity index (χ2v) is 3.01. The lowest BCUT2D eigenvalue weighted by atomic mass is 10.6. The van der Waals surface area contributed by atoms with Crippen LogP contribution in [0.15, 0.2) is 42.0 Å². The maximum atomic E-state index is 10.7. The van der Waals surface area contributed by atoms with Gasteiger partial charge in [-0.05, 0) is 12.1 Å². The average Bonchev–Trinajstić information content (AvgIpc) is 2.30. The minimum atomic E-state index is -0.277. The number of hydrogen-bond acceptors (Lipinski definition) is 4. The molecule has 0 aliphatic heterocycles. The SMILES string of the molecule is CC(=O)N=c1ccn(-c2ncccn2)cn1. The molecular weight excluding hydrogens is 206 g/mol. The molecule has 0 atom stereocenters. The zero-order valence-electron chi connectivity index (χ0n) is 8.61. The molecular formula is C10H9N5O. The average molecular weight is 215 g/mol. The smallest absolute Gasteiger partial charge is 0.244 e. The topological polar surface area (TPSA) is 73.0 Å². The molecule has 2 aromatic heterocycles. The van der Waals surface area contributed by atoms with Gasteiger partial charge >= 0.3 is 0 Å². The summed E-state index contributed by atoms with van der Waals surface area (Å²) in [6.45, 7) is 1.38. The molecule has 0 saturated heterocycles. The Morgan fingerprint density at radius 3 is 2.62 bits per heavy atom. The van der Waals surface area contributed by atoms with Crippen LogP contribution in [-0.4, -0.2) is 25.4 Å². The van der Waals surface area contributed by atoms with E-state index in [0.29, 0.717) is 11.4 Å². The van der Waals surface area contributed by atoms with Gasteiger partial charge in [0.2, 0.25) is 11.9 Å². The molecule has 6 nitrogen and oxygen atoms in total. The summed E-state index contributed by atoms with van der Waals surface area (Å²) in [5.74, 6) is 0.241. The maximum absolute atomic E-state index is 10.7. The molecule has 0 fully saturated rings. The minimum absolute atomic E-state index is 0.277. The Balaban J connectivity index is 2.37. The molecule has 80 valence electrons. The Kier molecular flexibility index (Phi) is 2.81. The van der Waals surface area contributed by atoms with E-state index in [0.717, 1.165) is 0 Å². The lowest BCUT2D eigenvalue weighted by Gasteiger charge is -2.01. The van der Waals surface area contributed by atoms with Gasteiger partial charge in [-0.1, -0.05) is 0 Å². The van der Waals surface area contributed by atoms with Crippen molar-refractivity contribution in [2.75, 3.05) is 0 Å². The first-order valence-electron chi connectivity index (χ1n) is 4.63. The number of rotatable bonds is 1. The van der Waals surface area contributed by atoms with Crippen molar-refractivity contribution >= 4 is 5.91 Å². The predicted octanol–water partition coefficient (Wildman–Crippen LogP) is 0.110. The van der Waals surface area contributed by atoms with Crippen molar-refractivity contribution in [2.24, 2.45) is 4.99 Å². The highest BCUT2D eigenvalue weighted by atomic mass is 16.1. The van der Waals surface area contributed by atoms with Crippen LogP contribution in [0.25, 0.3) is 5.95 Å². The summed E-state index contributed by atoms with van der Waals surface area (Å²) in [4.78, 5) is 26.5. The third-order valence-corrected chi connectivity index (χ3v) is 1.75. The monoisotopic (exact) mass is 215 g/mol. The van der Waals surface area contributed by atoms with Crippen molar-refractivity contribution in [3.63, 3.8) is 0 Å². The van der Waals surface area contributed by atoms with E-state index in [1.807, 2.05) is 0 Å². The van der Waals surface area contributed by atoms with Gasteiger partial charge in [0.15, 0.2) is 5.49 Å². The van der Waals surface area contributed by atoms with Gasteiger partial charge in [-0.2, -0.15) is 4.99 Å². The van der Waals surface area contributed by atoms with E-state index in [1.54, 1.807) is 35.3 Å². The molecule has 0 unspecified atom stereocenters. The molecule has 2 aromatic rings. The molecule has 0 saturated carbocycles. The molecule has 0 radical (unpaired) electrons. The number of carbonyl (C=O) groups excluding carboxylic acids is 1. The second-order valence-electron chi connectivity index (χ2n) is 3.01. The van der Waals surface area contributed by atoms with Crippen molar-refractivity contribution in [3.8, 4) is 5.95 Å². The van der Waals surface area contributed by atoms with E-state index < -0.39 is 0 Å². The lowest BCUT2D eigenvalue weighted by Crippen LogP contribution is -2.12. The summed E-state index contributed by atoms with van der Waals surface area (Å²) in [5, 5.41) is 0. The normalized spacial score (nSPS) is 11.4. The van der Waals surface area contributed by atoms with Gasteiger partial charge < -0.3 is 0 Å². The summed E-state index contributed by atoms with van der Waals surface area (Å²) >= 11 is 0. The summed E-state index contributed by atoms with van der Waals surface area (Å²) in [6, 6.07) is 3.36. The zero-order valence-corrected chi connectivity index (χ0v) is 8.61. The van der Waals surface area contributed by atoms with Gasteiger partial charge in [0.25, 0.3) is 0 Å².